The van der Waals surface area contributed by atoms with Gasteiger partial charge in [0.1, 0.15) is 6.04 Å². The summed E-state index contributed by atoms with van der Waals surface area (Å²) >= 11 is 0. The first-order chi connectivity index (χ1) is 10.6. The van der Waals surface area contributed by atoms with Gasteiger partial charge in [-0.3, -0.25) is 4.79 Å². The smallest absolute Gasteiger partial charge is 0.223 e. The summed E-state index contributed by atoms with van der Waals surface area (Å²) in [7, 11) is 1.54. The Labute approximate surface area is 129 Å². The van der Waals surface area contributed by atoms with Crippen molar-refractivity contribution in [1.29, 1.82) is 0 Å². The van der Waals surface area contributed by atoms with Gasteiger partial charge in [0.05, 0.1) is 18.7 Å². The first kappa shape index (κ1) is 16.2. The highest BCUT2D eigenvalue weighted by Gasteiger charge is 2.18. The predicted octanol–water partition coefficient (Wildman–Crippen LogP) is 1.88. The molecule has 0 spiro atoms. The maximum atomic E-state index is 11.9. The molecular weight excluding hydrogens is 282 g/mol. The molecule has 0 aliphatic heterocycles. The van der Waals surface area contributed by atoms with Crippen molar-refractivity contribution in [2.45, 2.75) is 25.5 Å². The van der Waals surface area contributed by atoms with Crippen LogP contribution >= 0.6 is 0 Å². The molecule has 0 fully saturated rings. The van der Waals surface area contributed by atoms with E-state index in [0.717, 1.165) is 5.56 Å². The molecule has 1 heterocycles. The fourth-order valence-electron chi connectivity index (χ4n) is 2.06. The van der Waals surface area contributed by atoms with Crippen molar-refractivity contribution >= 4 is 5.91 Å². The quantitative estimate of drug-likeness (QED) is 0.815. The molecule has 2 aromatic rings. The Hall–Kier alpha value is -2.18. The van der Waals surface area contributed by atoms with Crippen molar-refractivity contribution in [3.63, 3.8) is 0 Å². The van der Waals surface area contributed by atoms with Crippen molar-refractivity contribution in [2.24, 2.45) is 5.73 Å². The van der Waals surface area contributed by atoms with E-state index >= 15 is 0 Å². The largest absolute Gasteiger partial charge is 0.438 e. The van der Waals surface area contributed by atoms with Gasteiger partial charge in [-0.1, -0.05) is 30.3 Å². The number of nitrogens with two attached hydrogens (primary N) is 1. The molecule has 0 bridgehead atoms. The molecule has 118 valence electrons. The summed E-state index contributed by atoms with van der Waals surface area (Å²) in [6, 6.07) is 9.37. The van der Waals surface area contributed by atoms with Gasteiger partial charge in [0.2, 0.25) is 11.8 Å². The second-order valence-electron chi connectivity index (χ2n) is 5.02. The van der Waals surface area contributed by atoms with Gasteiger partial charge in [-0.15, -0.1) is 0 Å². The molecule has 1 aromatic carbocycles. The van der Waals surface area contributed by atoms with E-state index in [4.69, 9.17) is 14.9 Å². The summed E-state index contributed by atoms with van der Waals surface area (Å²) in [6.07, 6.45) is 1.59. The zero-order valence-corrected chi connectivity index (χ0v) is 12.8. The first-order valence-electron chi connectivity index (χ1n) is 7.17. The molecule has 0 aliphatic carbocycles. The molecule has 3 N–H and O–H groups in total. The Morgan fingerprint density at radius 1 is 1.41 bits per heavy atom. The first-order valence-corrected chi connectivity index (χ1v) is 7.17. The number of carbonyl (C=O) groups excluding carboxylic acids is 1. The van der Waals surface area contributed by atoms with E-state index in [1.54, 1.807) is 6.20 Å². The SMILES string of the molecule is COC(CN)CC(=O)NC(C)c1ncc(-c2ccccc2)o1. The fraction of sp³-hybridized carbons (Fsp3) is 0.375. The van der Waals surface area contributed by atoms with E-state index in [9.17, 15) is 4.79 Å². The molecular formula is C16H21N3O3. The topological polar surface area (TPSA) is 90.4 Å². The number of nitrogens with one attached hydrogen (secondary N) is 1. The maximum Gasteiger partial charge on any atom is 0.223 e. The van der Waals surface area contributed by atoms with Crippen LogP contribution in [0, 0.1) is 0 Å². The Morgan fingerprint density at radius 3 is 2.77 bits per heavy atom. The van der Waals surface area contributed by atoms with Crippen LogP contribution in [0.4, 0.5) is 0 Å². The van der Waals surface area contributed by atoms with Gasteiger partial charge in [0.15, 0.2) is 5.76 Å². The van der Waals surface area contributed by atoms with E-state index in [1.165, 1.54) is 7.11 Å². The number of methoxy groups -OCH3 is 1. The van der Waals surface area contributed by atoms with Gasteiger partial charge in [-0.05, 0) is 6.92 Å². The molecule has 6 heteroatoms. The molecule has 22 heavy (non-hydrogen) atoms. The van der Waals surface area contributed by atoms with E-state index in [2.05, 4.69) is 10.3 Å². The number of ether oxygens (including phenoxy) is 1. The number of amides is 1. The van der Waals surface area contributed by atoms with Crippen LogP contribution in [-0.2, 0) is 9.53 Å². The Bertz CT molecular complexity index is 594. The summed E-state index contributed by atoms with van der Waals surface area (Å²) in [4.78, 5) is 16.1. The Balaban J connectivity index is 1.97. The normalized spacial score (nSPS) is 13.6. The Kier molecular flexibility index (Phi) is 5.68. The average molecular weight is 303 g/mol. The maximum absolute atomic E-state index is 11.9. The van der Waals surface area contributed by atoms with E-state index in [1.807, 2.05) is 37.3 Å². The highest BCUT2D eigenvalue weighted by molar-refractivity contribution is 5.76. The van der Waals surface area contributed by atoms with Gasteiger partial charge in [0.25, 0.3) is 0 Å². The van der Waals surface area contributed by atoms with Gasteiger partial charge in [-0.2, -0.15) is 0 Å². The lowest BCUT2D eigenvalue weighted by molar-refractivity contribution is -0.124. The number of oxazole rings is 1. The predicted molar refractivity (Wildman–Crippen MR) is 83.0 cm³/mol. The summed E-state index contributed by atoms with van der Waals surface area (Å²) < 4.78 is 10.8. The molecule has 2 atom stereocenters. The minimum Gasteiger partial charge on any atom is -0.438 e. The molecule has 0 aliphatic rings. The summed E-state index contributed by atoms with van der Waals surface area (Å²) in [5.74, 6) is 0.992. The summed E-state index contributed by atoms with van der Waals surface area (Å²) in [5, 5.41) is 2.83. The van der Waals surface area contributed by atoms with Crippen molar-refractivity contribution in [3.05, 3.63) is 42.4 Å². The van der Waals surface area contributed by atoms with Crippen LogP contribution in [-0.4, -0.2) is 30.6 Å². The second-order valence-corrected chi connectivity index (χ2v) is 5.02. The highest BCUT2D eigenvalue weighted by Crippen LogP contribution is 2.22. The monoisotopic (exact) mass is 303 g/mol. The molecule has 2 unspecified atom stereocenters. The highest BCUT2D eigenvalue weighted by atomic mass is 16.5. The number of hydrogen-bond donors (Lipinski definition) is 2. The number of rotatable bonds is 7. The molecule has 1 aromatic heterocycles. The van der Waals surface area contributed by atoms with Gasteiger partial charge in [0, 0.05) is 19.2 Å². The molecule has 0 saturated heterocycles. The van der Waals surface area contributed by atoms with Crippen molar-refractivity contribution in [1.82, 2.24) is 10.3 Å². The number of benzene rings is 1. The summed E-state index contributed by atoms with van der Waals surface area (Å²) in [6.45, 7) is 2.12. The zero-order valence-electron chi connectivity index (χ0n) is 12.8. The lowest BCUT2D eigenvalue weighted by atomic mass is 10.2. The lowest BCUT2D eigenvalue weighted by Crippen LogP contribution is -2.33. The molecule has 1 amide bonds. The third kappa shape index (κ3) is 4.16. The number of carbonyl (C=O) groups is 1. The second kappa shape index (κ2) is 7.72. The van der Waals surface area contributed by atoms with Gasteiger partial charge >= 0.3 is 0 Å². The number of aromatic nitrogens is 1. The van der Waals surface area contributed by atoms with E-state index in [-0.39, 0.29) is 24.5 Å². The van der Waals surface area contributed by atoms with Crippen molar-refractivity contribution in [2.75, 3.05) is 13.7 Å². The fourth-order valence-corrected chi connectivity index (χ4v) is 2.06. The molecule has 0 saturated carbocycles. The molecule has 0 radical (unpaired) electrons. The Morgan fingerprint density at radius 2 is 2.14 bits per heavy atom. The molecule has 6 nitrogen and oxygen atoms in total. The standard InChI is InChI=1S/C16H21N3O3/c1-11(19-15(20)8-13(9-17)21-2)16-18-10-14(22-16)12-6-4-3-5-7-12/h3-7,10-11,13H,8-9,17H2,1-2H3,(H,19,20). The van der Waals surface area contributed by atoms with Crippen molar-refractivity contribution in [3.8, 4) is 11.3 Å². The van der Waals surface area contributed by atoms with Crippen LogP contribution in [0.3, 0.4) is 0 Å². The zero-order chi connectivity index (χ0) is 15.9. The average Bonchev–Trinajstić information content (AvgIpc) is 3.03. The van der Waals surface area contributed by atoms with Crippen molar-refractivity contribution < 1.29 is 13.9 Å². The van der Waals surface area contributed by atoms with Crippen LogP contribution in [0.5, 0.6) is 0 Å². The van der Waals surface area contributed by atoms with Crippen LogP contribution in [0.15, 0.2) is 40.9 Å². The lowest BCUT2D eigenvalue weighted by Gasteiger charge is -2.15. The van der Waals surface area contributed by atoms with Gasteiger partial charge < -0.3 is 20.2 Å². The minimum atomic E-state index is -0.319. The van der Waals surface area contributed by atoms with Crippen LogP contribution < -0.4 is 11.1 Å². The van der Waals surface area contributed by atoms with Gasteiger partial charge in [-0.25, -0.2) is 4.98 Å². The van der Waals surface area contributed by atoms with Crippen LogP contribution in [0.2, 0.25) is 0 Å². The van der Waals surface area contributed by atoms with Crippen LogP contribution in [0.1, 0.15) is 25.3 Å². The third-order valence-electron chi connectivity index (χ3n) is 3.34. The van der Waals surface area contributed by atoms with E-state index in [0.29, 0.717) is 18.2 Å². The molecule has 2 rings (SSSR count). The summed E-state index contributed by atoms with van der Waals surface area (Å²) in [5.41, 5.74) is 6.45. The number of hydrogen-bond acceptors (Lipinski definition) is 5. The number of nitrogens with zero attached hydrogens (tertiary/aromatic N) is 1. The minimum absolute atomic E-state index is 0.149. The third-order valence-corrected chi connectivity index (χ3v) is 3.34. The van der Waals surface area contributed by atoms with Crippen LogP contribution in [0.25, 0.3) is 11.3 Å². The van der Waals surface area contributed by atoms with E-state index < -0.39 is 0 Å².